The summed E-state index contributed by atoms with van der Waals surface area (Å²) < 4.78 is 0. The predicted molar refractivity (Wildman–Crippen MR) is 85.7 cm³/mol. The van der Waals surface area contributed by atoms with E-state index in [9.17, 15) is 4.79 Å². The highest BCUT2D eigenvalue weighted by molar-refractivity contribution is 5.99. The summed E-state index contributed by atoms with van der Waals surface area (Å²) in [6.07, 6.45) is 4.88. The second-order valence-corrected chi connectivity index (χ2v) is 5.87. The Hall–Kier alpha value is -1.62. The van der Waals surface area contributed by atoms with Crippen molar-refractivity contribution in [2.24, 2.45) is 0 Å². The van der Waals surface area contributed by atoms with Gasteiger partial charge >= 0.3 is 0 Å². The van der Waals surface area contributed by atoms with Crippen LogP contribution in [-0.4, -0.2) is 48.5 Å². The van der Waals surface area contributed by atoms with Crippen LogP contribution in [-0.2, 0) is 0 Å². The standard InChI is InChI=1S/C16H26N4O/c1-4-7-17-15-9-12(2)18-10-14(15)16(21)19-13-6-5-8-20(3)11-13/h9-10,13H,4-8,11H2,1-3H3,(H,17,18)(H,19,21). The Morgan fingerprint density at radius 3 is 3.05 bits per heavy atom. The van der Waals surface area contributed by atoms with Gasteiger partial charge in [-0.05, 0) is 45.8 Å². The van der Waals surface area contributed by atoms with Crippen molar-refractivity contribution in [3.63, 3.8) is 0 Å². The molecule has 0 spiro atoms. The molecule has 116 valence electrons. The number of nitrogens with one attached hydrogen (secondary N) is 2. The van der Waals surface area contributed by atoms with E-state index in [4.69, 9.17) is 0 Å². The molecule has 0 saturated carbocycles. The number of rotatable bonds is 5. The third kappa shape index (κ3) is 4.43. The monoisotopic (exact) mass is 290 g/mol. The molecular formula is C16H26N4O. The van der Waals surface area contributed by atoms with Gasteiger partial charge in [-0.1, -0.05) is 6.92 Å². The van der Waals surface area contributed by atoms with Crippen LogP contribution in [0.15, 0.2) is 12.3 Å². The van der Waals surface area contributed by atoms with Crippen molar-refractivity contribution >= 4 is 11.6 Å². The number of hydrogen-bond donors (Lipinski definition) is 2. The third-order valence-electron chi connectivity index (χ3n) is 3.81. The lowest BCUT2D eigenvalue weighted by atomic mass is 10.1. The molecule has 1 saturated heterocycles. The minimum absolute atomic E-state index is 0.0265. The molecule has 21 heavy (non-hydrogen) atoms. The van der Waals surface area contributed by atoms with Gasteiger partial charge in [-0.3, -0.25) is 9.78 Å². The lowest BCUT2D eigenvalue weighted by molar-refractivity contribution is 0.0913. The minimum Gasteiger partial charge on any atom is -0.384 e. The number of hydrogen-bond acceptors (Lipinski definition) is 4. The van der Waals surface area contributed by atoms with E-state index in [1.807, 2.05) is 13.0 Å². The van der Waals surface area contributed by atoms with Gasteiger partial charge in [0.2, 0.25) is 0 Å². The van der Waals surface area contributed by atoms with E-state index >= 15 is 0 Å². The smallest absolute Gasteiger partial charge is 0.255 e. The van der Waals surface area contributed by atoms with Crippen LogP contribution in [0.4, 0.5) is 5.69 Å². The van der Waals surface area contributed by atoms with Gasteiger partial charge < -0.3 is 15.5 Å². The third-order valence-corrected chi connectivity index (χ3v) is 3.81. The van der Waals surface area contributed by atoms with Crippen molar-refractivity contribution < 1.29 is 4.79 Å². The molecule has 0 aromatic carbocycles. The molecule has 5 heteroatoms. The molecule has 0 bridgehead atoms. The molecule has 2 N–H and O–H groups in total. The molecule has 1 aromatic rings. The second-order valence-electron chi connectivity index (χ2n) is 5.87. The lowest BCUT2D eigenvalue weighted by Gasteiger charge is -2.30. The maximum Gasteiger partial charge on any atom is 0.255 e. The summed E-state index contributed by atoms with van der Waals surface area (Å²) >= 11 is 0. The average molecular weight is 290 g/mol. The summed E-state index contributed by atoms with van der Waals surface area (Å²) in [4.78, 5) is 19.0. The Kier molecular flexibility index (Phi) is 5.56. The fourth-order valence-electron chi connectivity index (χ4n) is 2.69. The van der Waals surface area contributed by atoms with Gasteiger partial charge in [0.25, 0.3) is 5.91 Å². The van der Waals surface area contributed by atoms with Gasteiger partial charge in [-0.2, -0.15) is 0 Å². The zero-order valence-electron chi connectivity index (χ0n) is 13.3. The summed E-state index contributed by atoms with van der Waals surface area (Å²) in [5.41, 5.74) is 2.44. The summed E-state index contributed by atoms with van der Waals surface area (Å²) in [5, 5.41) is 6.46. The number of likely N-dealkylation sites (tertiary alicyclic amines) is 1. The fourth-order valence-corrected chi connectivity index (χ4v) is 2.69. The Bertz CT molecular complexity index is 489. The highest BCUT2D eigenvalue weighted by Gasteiger charge is 2.21. The van der Waals surface area contributed by atoms with Gasteiger partial charge in [0.15, 0.2) is 0 Å². The van der Waals surface area contributed by atoms with E-state index in [1.54, 1.807) is 6.20 Å². The molecule has 1 aliphatic heterocycles. The van der Waals surface area contributed by atoms with Crippen LogP contribution >= 0.6 is 0 Å². The van der Waals surface area contributed by atoms with E-state index in [0.717, 1.165) is 50.3 Å². The van der Waals surface area contributed by atoms with E-state index in [2.05, 4.69) is 34.5 Å². The van der Waals surface area contributed by atoms with Crippen molar-refractivity contribution in [2.45, 2.75) is 39.2 Å². The molecule has 1 unspecified atom stereocenters. The summed E-state index contributed by atoms with van der Waals surface area (Å²) in [6, 6.07) is 2.17. The average Bonchev–Trinajstić information content (AvgIpc) is 2.45. The quantitative estimate of drug-likeness (QED) is 0.871. The minimum atomic E-state index is -0.0265. The van der Waals surface area contributed by atoms with Crippen molar-refractivity contribution in [1.29, 1.82) is 0 Å². The largest absolute Gasteiger partial charge is 0.384 e. The zero-order chi connectivity index (χ0) is 15.2. The maximum absolute atomic E-state index is 12.5. The first kappa shape index (κ1) is 15.8. The molecule has 1 fully saturated rings. The van der Waals surface area contributed by atoms with E-state index < -0.39 is 0 Å². The van der Waals surface area contributed by atoms with Gasteiger partial charge in [0.1, 0.15) is 0 Å². The normalized spacial score (nSPS) is 19.3. The van der Waals surface area contributed by atoms with Crippen molar-refractivity contribution in [3.8, 4) is 0 Å². The zero-order valence-corrected chi connectivity index (χ0v) is 13.3. The van der Waals surface area contributed by atoms with Gasteiger partial charge in [-0.25, -0.2) is 0 Å². The van der Waals surface area contributed by atoms with E-state index in [1.165, 1.54) is 0 Å². The topological polar surface area (TPSA) is 57.3 Å². The van der Waals surface area contributed by atoms with Gasteiger partial charge in [0.05, 0.1) is 11.3 Å². The molecule has 1 atom stereocenters. The van der Waals surface area contributed by atoms with Crippen LogP contribution in [0.1, 0.15) is 42.2 Å². The van der Waals surface area contributed by atoms with Crippen molar-refractivity contribution in [1.82, 2.24) is 15.2 Å². The number of nitrogens with zero attached hydrogens (tertiary/aromatic N) is 2. The number of carbonyl (C=O) groups excluding carboxylic acids is 1. The predicted octanol–water partition coefficient (Wildman–Crippen LogP) is 2.04. The van der Waals surface area contributed by atoms with Crippen LogP contribution in [0.2, 0.25) is 0 Å². The number of pyridine rings is 1. The van der Waals surface area contributed by atoms with Crippen LogP contribution in [0, 0.1) is 6.92 Å². The number of piperidine rings is 1. The Balaban J connectivity index is 2.07. The Labute approximate surface area is 127 Å². The van der Waals surface area contributed by atoms with Crippen LogP contribution < -0.4 is 10.6 Å². The number of anilines is 1. The highest BCUT2D eigenvalue weighted by atomic mass is 16.1. The molecule has 1 aromatic heterocycles. The molecule has 1 amide bonds. The van der Waals surface area contributed by atoms with Gasteiger partial charge in [0, 0.05) is 31.0 Å². The summed E-state index contributed by atoms with van der Waals surface area (Å²) in [6.45, 7) is 6.94. The van der Waals surface area contributed by atoms with E-state index in [-0.39, 0.29) is 11.9 Å². The number of likely N-dealkylation sites (N-methyl/N-ethyl adjacent to an activating group) is 1. The molecular weight excluding hydrogens is 264 g/mol. The molecule has 2 rings (SSSR count). The SMILES string of the molecule is CCCNc1cc(C)ncc1C(=O)NC1CCCN(C)C1. The van der Waals surface area contributed by atoms with E-state index in [0.29, 0.717) is 5.56 Å². The van der Waals surface area contributed by atoms with Gasteiger partial charge in [-0.15, -0.1) is 0 Å². The lowest BCUT2D eigenvalue weighted by Crippen LogP contribution is -2.46. The first-order valence-corrected chi connectivity index (χ1v) is 7.80. The Morgan fingerprint density at radius 1 is 1.52 bits per heavy atom. The molecule has 1 aliphatic rings. The second kappa shape index (κ2) is 7.41. The molecule has 5 nitrogen and oxygen atoms in total. The summed E-state index contributed by atoms with van der Waals surface area (Å²) in [7, 11) is 2.10. The summed E-state index contributed by atoms with van der Waals surface area (Å²) in [5.74, 6) is -0.0265. The number of aromatic nitrogens is 1. The van der Waals surface area contributed by atoms with Crippen molar-refractivity contribution in [2.75, 3.05) is 32.0 Å². The van der Waals surface area contributed by atoms with Crippen LogP contribution in [0.25, 0.3) is 0 Å². The first-order chi connectivity index (χ1) is 10.1. The molecule has 2 heterocycles. The van der Waals surface area contributed by atoms with Crippen LogP contribution in [0.5, 0.6) is 0 Å². The number of amides is 1. The molecule has 0 radical (unpaired) electrons. The first-order valence-electron chi connectivity index (χ1n) is 7.80. The maximum atomic E-state index is 12.5. The highest BCUT2D eigenvalue weighted by Crippen LogP contribution is 2.17. The fraction of sp³-hybridized carbons (Fsp3) is 0.625. The Morgan fingerprint density at radius 2 is 2.33 bits per heavy atom. The number of aryl methyl sites for hydroxylation is 1. The molecule has 0 aliphatic carbocycles. The van der Waals surface area contributed by atoms with Crippen LogP contribution in [0.3, 0.4) is 0 Å². The van der Waals surface area contributed by atoms with Crippen molar-refractivity contribution in [3.05, 3.63) is 23.5 Å². The number of carbonyl (C=O) groups is 1.